The number of esters is 6. The molecule has 0 aliphatic rings. The fourth-order valence-electron chi connectivity index (χ4n) is 16.4. The second kappa shape index (κ2) is 94.1. The minimum Gasteiger partial charge on any atom is -0.466 e. The Labute approximate surface area is 789 Å². The Bertz CT molecular complexity index is 2380. The number of rotatable bonds is 99. The van der Waals surface area contributed by atoms with Gasteiger partial charge in [-0.1, -0.05) is 388 Å². The predicted molar refractivity (Wildman–Crippen MR) is 531 cm³/mol. The van der Waals surface area contributed by atoms with E-state index in [9.17, 15) is 43.2 Å². The van der Waals surface area contributed by atoms with Crippen molar-refractivity contribution < 1.29 is 71.6 Å². The lowest BCUT2D eigenvalue weighted by Gasteiger charge is -2.22. The Morgan fingerprint density at radius 1 is 0.186 bits per heavy atom. The van der Waals surface area contributed by atoms with Crippen LogP contribution in [0.4, 0.5) is 0 Å². The average Bonchev–Trinajstić information content (AvgIpc) is 0.825. The van der Waals surface area contributed by atoms with Gasteiger partial charge in [0.1, 0.15) is 0 Å². The highest BCUT2D eigenvalue weighted by Gasteiger charge is 2.21. The summed E-state index contributed by atoms with van der Waals surface area (Å²) in [5.41, 5.74) is 0.285. The zero-order chi connectivity index (χ0) is 93.7. The van der Waals surface area contributed by atoms with Crippen molar-refractivity contribution in [3.05, 3.63) is 34.9 Å². The smallest absolute Gasteiger partial charge is 0.307 e. The van der Waals surface area contributed by atoms with Crippen molar-refractivity contribution in [2.45, 2.75) is 485 Å². The van der Waals surface area contributed by atoms with Crippen molar-refractivity contribution in [2.24, 2.45) is 0 Å². The molecule has 21 heteroatoms. The molecule has 0 unspecified atom stereocenters. The Kier molecular flexibility index (Phi) is 88.5. The van der Waals surface area contributed by atoms with Gasteiger partial charge < -0.3 is 59.1 Å². The maximum Gasteiger partial charge on any atom is 0.307 e. The van der Waals surface area contributed by atoms with Gasteiger partial charge in [-0.2, -0.15) is 0 Å². The van der Waals surface area contributed by atoms with Crippen molar-refractivity contribution in [1.29, 1.82) is 0 Å². The molecule has 0 saturated heterocycles. The standard InChI is InChI=1S/C108H198N6O15/c1-7-13-19-25-31-37-43-49-55-61-88-124-100(115)70-82-112(83-71-101(116)125-89-62-56-50-44-38-32-26-20-14-8-2)79-67-76-109-106(121)97-94-98(107(122)110-77-68-80-113(84-72-102(117)126-90-63-57-51-45-39-33-27-21-15-9-3)85-73-103(118)127-91-64-58-52-46-40-34-28-22-16-10-4)96-99(95-97)108(123)111-78-69-81-114(86-74-104(119)128-92-65-59-53-47-41-35-29-23-17-11-5)87-75-105(120)129-93-66-60-54-48-42-36-30-24-18-12-6/h94-96H,7-93H2,1-6H3,(H,109,121)(H,110,122)(H,111,123). The van der Waals surface area contributed by atoms with Crippen LogP contribution >= 0.6 is 0 Å². The van der Waals surface area contributed by atoms with Crippen molar-refractivity contribution in [3.63, 3.8) is 0 Å². The van der Waals surface area contributed by atoms with Crippen LogP contribution < -0.4 is 16.0 Å². The summed E-state index contributed by atoms with van der Waals surface area (Å²) in [5, 5.41) is 9.05. The topological polar surface area (TPSA) is 255 Å². The third-order valence-corrected chi connectivity index (χ3v) is 24.9. The fraction of sp³-hybridized carbons (Fsp3) is 0.861. The number of ether oxygens (including phenoxy) is 6. The summed E-state index contributed by atoms with van der Waals surface area (Å²) in [5.74, 6) is -3.26. The van der Waals surface area contributed by atoms with E-state index in [1.165, 1.54) is 288 Å². The van der Waals surface area contributed by atoms with Crippen LogP contribution in [0.15, 0.2) is 18.2 Å². The van der Waals surface area contributed by atoms with Gasteiger partial charge in [0.25, 0.3) is 17.7 Å². The largest absolute Gasteiger partial charge is 0.466 e. The first kappa shape index (κ1) is 121. The summed E-state index contributed by atoms with van der Waals surface area (Å²) >= 11 is 0. The third kappa shape index (κ3) is 81.6. The number of unbranched alkanes of at least 4 members (excludes halogenated alkanes) is 54. The molecule has 0 aliphatic carbocycles. The summed E-state index contributed by atoms with van der Waals surface area (Å²) in [6, 6.07) is 4.44. The molecule has 1 rings (SSSR count). The average molecular weight is 1820 g/mol. The highest BCUT2D eigenvalue weighted by Crippen LogP contribution is 2.20. The van der Waals surface area contributed by atoms with E-state index in [-0.39, 0.29) is 111 Å². The minimum atomic E-state index is -0.504. The molecule has 0 bridgehead atoms. The van der Waals surface area contributed by atoms with Crippen molar-refractivity contribution in [3.8, 4) is 0 Å². The lowest BCUT2D eigenvalue weighted by Crippen LogP contribution is -2.34. The SMILES string of the molecule is CCCCCCCCCCCCOC(=O)CCN(CCCNC(=O)c1cc(C(=O)NCCCN(CCC(=O)OCCCCCCCCCCCC)CCC(=O)OCCCCCCCCCCCC)cc(C(=O)NCCCN(CCC(=O)OCCCCCCCCCCCC)CCC(=O)OCCCCCCCCCCCC)c1)CCC(=O)OCCCCCCCCCCCC. The first-order valence-corrected chi connectivity index (χ1v) is 54.3. The van der Waals surface area contributed by atoms with Gasteiger partial charge in [-0.25, -0.2) is 0 Å². The van der Waals surface area contributed by atoms with Gasteiger partial charge >= 0.3 is 35.8 Å². The van der Waals surface area contributed by atoms with Crippen LogP contribution in [0, 0.1) is 0 Å². The molecule has 129 heavy (non-hydrogen) atoms. The van der Waals surface area contributed by atoms with Crippen LogP contribution in [-0.2, 0) is 57.2 Å². The molecule has 0 fully saturated rings. The molecule has 21 nitrogen and oxygen atoms in total. The third-order valence-electron chi connectivity index (χ3n) is 24.9. The lowest BCUT2D eigenvalue weighted by atomic mass is 10.0. The summed E-state index contributed by atoms with van der Waals surface area (Å²) in [4.78, 5) is 129. The van der Waals surface area contributed by atoms with Crippen molar-refractivity contribution in [1.82, 2.24) is 30.7 Å². The van der Waals surface area contributed by atoms with Gasteiger partial charge in [-0.15, -0.1) is 0 Å². The molecule has 3 N–H and O–H groups in total. The first-order valence-electron chi connectivity index (χ1n) is 54.3. The van der Waals surface area contributed by atoms with Gasteiger partial charge in [0.05, 0.1) is 78.2 Å². The molecular weight excluding hydrogens is 1620 g/mol. The number of carbonyl (C=O) groups excluding carboxylic acids is 9. The van der Waals surface area contributed by atoms with Gasteiger partial charge in [0.15, 0.2) is 0 Å². The number of carbonyl (C=O) groups is 9. The lowest BCUT2D eigenvalue weighted by molar-refractivity contribution is -0.146. The van der Waals surface area contributed by atoms with Gasteiger partial charge in [-0.05, 0) is 95.6 Å². The van der Waals surface area contributed by atoms with E-state index < -0.39 is 17.7 Å². The highest BCUT2D eigenvalue weighted by atomic mass is 16.6. The molecule has 750 valence electrons. The number of nitrogens with zero attached hydrogens (tertiary/aromatic N) is 3. The number of hydrogen-bond donors (Lipinski definition) is 3. The van der Waals surface area contributed by atoms with Crippen LogP contribution in [-0.4, -0.2) is 186 Å². The fourth-order valence-corrected chi connectivity index (χ4v) is 16.4. The molecular formula is C108H198N6O15. The van der Waals surface area contributed by atoms with Crippen LogP contribution in [0.2, 0.25) is 0 Å². The second-order valence-corrected chi connectivity index (χ2v) is 37.1. The van der Waals surface area contributed by atoms with E-state index in [4.69, 9.17) is 28.4 Å². The zero-order valence-corrected chi connectivity index (χ0v) is 84.2. The Hall–Kier alpha value is -5.67. The van der Waals surface area contributed by atoms with Crippen LogP contribution in [0.1, 0.15) is 516 Å². The predicted octanol–water partition coefficient (Wildman–Crippen LogP) is 26.1. The Morgan fingerprint density at radius 3 is 0.457 bits per heavy atom. The summed E-state index contributed by atoms with van der Waals surface area (Å²) in [6.07, 6.45) is 73.1. The molecule has 0 spiro atoms. The van der Waals surface area contributed by atoms with Gasteiger partial charge in [0.2, 0.25) is 0 Å². The van der Waals surface area contributed by atoms with Gasteiger partial charge in [0, 0.05) is 75.6 Å². The number of amides is 3. The Balaban J connectivity index is 3.46. The number of benzene rings is 1. The van der Waals surface area contributed by atoms with Crippen LogP contribution in [0.25, 0.3) is 0 Å². The maximum atomic E-state index is 14.4. The molecule has 0 aliphatic heterocycles. The Morgan fingerprint density at radius 2 is 0.318 bits per heavy atom. The molecule has 0 aromatic heterocycles. The molecule has 3 amide bonds. The molecule has 0 heterocycles. The van der Waals surface area contributed by atoms with E-state index >= 15 is 0 Å². The summed E-state index contributed by atoms with van der Waals surface area (Å²) in [6.45, 7) is 19.7. The quantitative estimate of drug-likeness (QED) is 0.0311. The normalized spacial score (nSPS) is 11.4. The molecule has 0 atom stereocenters. The minimum absolute atomic E-state index is 0.0949. The van der Waals surface area contributed by atoms with E-state index in [1.807, 2.05) is 14.7 Å². The van der Waals surface area contributed by atoms with Crippen LogP contribution in [0.5, 0.6) is 0 Å². The molecule has 1 aromatic rings. The highest BCUT2D eigenvalue weighted by molar-refractivity contribution is 6.04. The summed E-state index contributed by atoms with van der Waals surface area (Å²) in [7, 11) is 0. The van der Waals surface area contributed by atoms with Crippen LogP contribution in [0.3, 0.4) is 0 Å². The monoisotopic (exact) mass is 1820 g/mol. The number of hydrogen-bond acceptors (Lipinski definition) is 18. The van der Waals surface area contributed by atoms with E-state index in [2.05, 4.69) is 57.5 Å². The zero-order valence-electron chi connectivity index (χ0n) is 84.2. The van der Waals surface area contributed by atoms with Crippen molar-refractivity contribution >= 4 is 53.5 Å². The molecule has 1 aromatic carbocycles. The van der Waals surface area contributed by atoms with E-state index in [1.54, 1.807) is 0 Å². The van der Waals surface area contributed by atoms with Gasteiger partial charge in [-0.3, -0.25) is 43.2 Å². The number of nitrogens with one attached hydrogen (secondary N) is 3. The first-order chi connectivity index (χ1) is 63.2. The van der Waals surface area contributed by atoms with Crippen molar-refractivity contribution in [2.75, 3.05) is 118 Å². The van der Waals surface area contributed by atoms with E-state index in [0.717, 1.165) is 116 Å². The maximum absolute atomic E-state index is 14.4. The molecule has 0 saturated carbocycles. The second-order valence-electron chi connectivity index (χ2n) is 37.1. The molecule has 0 radical (unpaired) electrons. The summed E-state index contributed by atoms with van der Waals surface area (Å²) < 4.78 is 34.2. The van der Waals surface area contributed by atoms with E-state index in [0.29, 0.717) is 118 Å².